The molecule has 1 aromatic rings. The average Bonchev–Trinajstić information content (AvgIpc) is 2.78. The summed E-state index contributed by atoms with van der Waals surface area (Å²) < 4.78 is 5.41. The van der Waals surface area contributed by atoms with E-state index in [9.17, 15) is 19.5 Å². The van der Waals surface area contributed by atoms with Gasteiger partial charge in [0.1, 0.15) is 5.60 Å². The fourth-order valence-electron chi connectivity index (χ4n) is 3.75. The van der Waals surface area contributed by atoms with Gasteiger partial charge in [0.15, 0.2) is 5.78 Å². The molecule has 1 aromatic carbocycles. The summed E-state index contributed by atoms with van der Waals surface area (Å²) in [5, 5.41) is 9.24. The van der Waals surface area contributed by atoms with Crippen LogP contribution in [0, 0.1) is 0 Å². The number of carbonyl (C=O) groups is 3. The van der Waals surface area contributed by atoms with Crippen LogP contribution in [0.1, 0.15) is 66.3 Å². The highest BCUT2D eigenvalue weighted by Crippen LogP contribution is 2.46. The predicted molar refractivity (Wildman–Crippen MR) is 91.1 cm³/mol. The normalized spacial score (nSPS) is 19.0. The summed E-state index contributed by atoms with van der Waals surface area (Å²) in [6.45, 7) is 6.48. The lowest BCUT2D eigenvalue weighted by molar-refractivity contribution is 0.0165. The summed E-state index contributed by atoms with van der Waals surface area (Å²) in [4.78, 5) is 37.5. The number of nitrogens with zero attached hydrogens (tertiary/aromatic N) is 1. The van der Waals surface area contributed by atoms with Gasteiger partial charge < -0.3 is 14.7 Å². The summed E-state index contributed by atoms with van der Waals surface area (Å²) in [6.07, 6.45) is 1.31. The molecule has 1 aliphatic carbocycles. The van der Waals surface area contributed by atoms with E-state index in [0.29, 0.717) is 37.9 Å². The number of hydrogen-bond acceptors (Lipinski definition) is 4. The van der Waals surface area contributed by atoms with Crippen LogP contribution in [0.15, 0.2) is 18.2 Å². The van der Waals surface area contributed by atoms with Crippen LogP contribution in [-0.4, -0.2) is 46.5 Å². The van der Waals surface area contributed by atoms with Gasteiger partial charge in [-0.2, -0.15) is 0 Å². The third kappa shape index (κ3) is 3.25. The molecule has 1 N–H and O–H groups in total. The summed E-state index contributed by atoms with van der Waals surface area (Å²) in [6, 6.07) is 4.73. The second kappa shape index (κ2) is 5.86. The molecule has 0 saturated carbocycles. The molecular formula is C19H23NO5. The number of fused-ring (bicyclic) bond motifs is 2. The Bertz CT molecular complexity index is 739. The van der Waals surface area contributed by atoms with Crippen molar-refractivity contribution in [2.24, 2.45) is 0 Å². The van der Waals surface area contributed by atoms with Crippen LogP contribution in [0.5, 0.6) is 0 Å². The van der Waals surface area contributed by atoms with Crippen LogP contribution >= 0.6 is 0 Å². The Morgan fingerprint density at radius 1 is 1.20 bits per heavy atom. The first-order valence-corrected chi connectivity index (χ1v) is 8.50. The van der Waals surface area contributed by atoms with Gasteiger partial charge in [0.2, 0.25) is 0 Å². The molecule has 134 valence electrons. The molecule has 0 aromatic heterocycles. The van der Waals surface area contributed by atoms with E-state index in [1.54, 1.807) is 17.0 Å². The van der Waals surface area contributed by atoms with Crippen LogP contribution in [-0.2, 0) is 10.2 Å². The highest BCUT2D eigenvalue weighted by Gasteiger charge is 2.46. The largest absolute Gasteiger partial charge is 0.478 e. The molecule has 6 heteroatoms. The van der Waals surface area contributed by atoms with Gasteiger partial charge in [-0.1, -0.05) is 6.07 Å². The van der Waals surface area contributed by atoms with Gasteiger partial charge in [0.25, 0.3) is 0 Å². The molecular weight excluding hydrogens is 322 g/mol. The van der Waals surface area contributed by atoms with E-state index in [-0.39, 0.29) is 22.9 Å². The first-order chi connectivity index (χ1) is 11.6. The van der Waals surface area contributed by atoms with E-state index < -0.39 is 11.6 Å². The van der Waals surface area contributed by atoms with Gasteiger partial charge >= 0.3 is 12.1 Å². The molecule has 1 amide bonds. The van der Waals surface area contributed by atoms with Gasteiger partial charge in [-0.3, -0.25) is 4.79 Å². The molecule has 0 atom stereocenters. The van der Waals surface area contributed by atoms with E-state index in [2.05, 4.69) is 0 Å². The van der Waals surface area contributed by atoms with Gasteiger partial charge in [-0.15, -0.1) is 0 Å². The van der Waals surface area contributed by atoms with Crippen molar-refractivity contribution in [1.29, 1.82) is 0 Å². The lowest BCUT2D eigenvalue weighted by Gasteiger charge is -2.40. The fraction of sp³-hybridized carbons (Fsp3) is 0.526. The van der Waals surface area contributed by atoms with Crippen molar-refractivity contribution in [3.8, 4) is 0 Å². The molecule has 25 heavy (non-hydrogen) atoms. The minimum atomic E-state index is -0.997. The van der Waals surface area contributed by atoms with Crippen LogP contribution < -0.4 is 0 Å². The third-order valence-electron chi connectivity index (χ3n) is 5.01. The summed E-state index contributed by atoms with van der Waals surface area (Å²) in [5.74, 6) is -0.943. The number of ketones is 1. The van der Waals surface area contributed by atoms with Crippen molar-refractivity contribution in [1.82, 2.24) is 4.90 Å². The zero-order chi connectivity index (χ0) is 18.4. The second-order valence-corrected chi connectivity index (χ2v) is 7.91. The number of carboxylic acids is 1. The standard InChI is InChI=1S/C19H23NO5/c1-18(2,3)25-17(24)20-8-6-19(7-9-20)11-15(21)13-5-4-12(16(22)23)10-14(13)19/h4-5,10H,6-9,11H2,1-3H3,(H,22,23). The molecule has 3 rings (SSSR count). The number of carboxylic acid groups (broad SMARTS) is 1. The molecule has 0 radical (unpaired) electrons. The monoisotopic (exact) mass is 345 g/mol. The van der Waals surface area contributed by atoms with E-state index in [4.69, 9.17) is 4.74 Å². The quantitative estimate of drug-likeness (QED) is 0.845. The number of hydrogen-bond donors (Lipinski definition) is 1. The Hall–Kier alpha value is -2.37. The second-order valence-electron chi connectivity index (χ2n) is 7.91. The highest BCUT2D eigenvalue weighted by atomic mass is 16.6. The number of benzene rings is 1. The molecule has 1 heterocycles. The lowest BCUT2D eigenvalue weighted by atomic mass is 9.73. The molecule has 2 aliphatic rings. The van der Waals surface area contributed by atoms with Gasteiger partial charge in [0, 0.05) is 30.5 Å². The van der Waals surface area contributed by atoms with E-state index in [1.165, 1.54) is 6.07 Å². The van der Waals surface area contributed by atoms with Crippen molar-refractivity contribution in [3.05, 3.63) is 34.9 Å². The average molecular weight is 345 g/mol. The number of Topliss-reactive ketones (excluding diaryl/α,β-unsaturated/α-hetero) is 1. The molecule has 0 unspecified atom stereocenters. The number of piperidine rings is 1. The fourth-order valence-corrected chi connectivity index (χ4v) is 3.75. The van der Waals surface area contributed by atoms with Gasteiger partial charge in [0.05, 0.1) is 5.56 Å². The molecule has 0 bridgehead atoms. The number of rotatable bonds is 1. The van der Waals surface area contributed by atoms with Crippen molar-refractivity contribution in [3.63, 3.8) is 0 Å². The van der Waals surface area contributed by atoms with Crippen LogP contribution in [0.2, 0.25) is 0 Å². The first-order valence-electron chi connectivity index (χ1n) is 8.50. The van der Waals surface area contributed by atoms with E-state index in [0.717, 1.165) is 5.56 Å². The summed E-state index contributed by atoms with van der Waals surface area (Å²) in [7, 11) is 0. The van der Waals surface area contributed by atoms with Crippen molar-refractivity contribution in [2.75, 3.05) is 13.1 Å². The highest BCUT2D eigenvalue weighted by molar-refractivity contribution is 6.03. The Labute approximate surface area is 146 Å². The zero-order valence-electron chi connectivity index (χ0n) is 14.8. The zero-order valence-corrected chi connectivity index (χ0v) is 14.8. The predicted octanol–water partition coefficient (Wildman–Crippen LogP) is 3.24. The molecule has 1 spiro atoms. The maximum absolute atomic E-state index is 12.4. The number of likely N-dealkylation sites (tertiary alicyclic amines) is 1. The molecule has 1 aliphatic heterocycles. The Balaban J connectivity index is 1.81. The number of carbonyl (C=O) groups excluding carboxylic acids is 2. The van der Waals surface area contributed by atoms with Crippen LogP contribution in [0.3, 0.4) is 0 Å². The minimum absolute atomic E-state index is 0.0534. The maximum atomic E-state index is 12.4. The lowest BCUT2D eigenvalue weighted by Crippen LogP contribution is -2.46. The van der Waals surface area contributed by atoms with Crippen molar-refractivity contribution < 1.29 is 24.2 Å². The molecule has 1 saturated heterocycles. The van der Waals surface area contributed by atoms with Gasteiger partial charge in [-0.05, 0) is 51.3 Å². The first kappa shape index (κ1) is 17.5. The maximum Gasteiger partial charge on any atom is 0.410 e. The number of ether oxygens (including phenoxy) is 1. The van der Waals surface area contributed by atoms with Crippen molar-refractivity contribution >= 4 is 17.8 Å². The summed E-state index contributed by atoms with van der Waals surface area (Å²) >= 11 is 0. The molecule has 6 nitrogen and oxygen atoms in total. The smallest absolute Gasteiger partial charge is 0.410 e. The Kier molecular flexibility index (Phi) is 4.09. The topological polar surface area (TPSA) is 83.9 Å². The number of amides is 1. The third-order valence-corrected chi connectivity index (χ3v) is 5.01. The Morgan fingerprint density at radius 3 is 2.40 bits per heavy atom. The van der Waals surface area contributed by atoms with Gasteiger partial charge in [-0.25, -0.2) is 9.59 Å². The minimum Gasteiger partial charge on any atom is -0.478 e. The summed E-state index contributed by atoms with van der Waals surface area (Å²) in [5.41, 5.74) is 0.730. The Morgan fingerprint density at radius 2 is 1.84 bits per heavy atom. The number of aromatic carboxylic acids is 1. The SMILES string of the molecule is CC(C)(C)OC(=O)N1CCC2(CC1)CC(=O)c1ccc(C(=O)O)cc12. The van der Waals surface area contributed by atoms with E-state index in [1.807, 2.05) is 20.8 Å². The van der Waals surface area contributed by atoms with Crippen LogP contribution in [0.4, 0.5) is 4.79 Å². The molecule has 1 fully saturated rings. The van der Waals surface area contributed by atoms with E-state index >= 15 is 0 Å². The van der Waals surface area contributed by atoms with Crippen LogP contribution in [0.25, 0.3) is 0 Å². The van der Waals surface area contributed by atoms with Crippen molar-refractivity contribution in [2.45, 2.75) is 51.0 Å².